The summed E-state index contributed by atoms with van der Waals surface area (Å²) in [5.41, 5.74) is 1.34. The zero-order chi connectivity index (χ0) is 17.7. The van der Waals surface area contributed by atoms with Crippen molar-refractivity contribution in [1.82, 2.24) is 4.72 Å². The van der Waals surface area contributed by atoms with Crippen LogP contribution in [0.25, 0.3) is 0 Å². The molecule has 0 aliphatic rings. The Kier molecular flexibility index (Phi) is 5.34. The van der Waals surface area contributed by atoms with E-state index in [0.717, 1.165) is 0 Å². The summed E-state index contributed by atoms with van der Waals surface area (Å²) in [6, 6.07) is 9.41. The van der Waals surface area contributed by atoms with Crippen LogP contribution in [0.4, 0.5) is 10.1 Å². The number of sulfonamides is 1. The molecule has 0 radical (unpaired) electrons. The molecule has 0 saturated heterocycles. The summed E-state index contributed by atoms with van der Waals surface area (Å²) in [5.74, 6) is 1.36. The SMILES string of the molecule is C#CCNS(=O)(=O)c1ccc(C(=O)Nc2ccc(F)cc2C)cc1. The van der Waals surface area contributed by atoms with Crippen LogP contribution in [-0.2, 0) is 10.0 Å². The Bertz CT molecular complexity index is 900. The molecule has 7 heteroatoms. The van der Waals surface area contributed by atoms with Crippen molar-refractivity contribution in [1.29, 1.82) is 0 Å². The Balaban J connectivity index is 2.16. The van der Waals surface area contributed by atoms with Crippen molar-refractivity contribution in [3.05, 3.63) is 59.4 Å². The van der Waals surface area contributed by atoms with Crippen molar-refractivity contribution in [3.63, 3.8) is 0 Å². The summed E-state index contributed by atoms with van der Waals surface area (Å²) >= 11 is 0. The van der Waals surface area contributed by atoms with Crippen molar-refractivity contribution in [3.8, 4) is 12.3 Å². The lowest BCUT2D eigenvalue weighted by Gasteiger charge is -2.09. The van der Waals surface area contributed by atoms with Gasteiger partial charge in [0.15, 0.2) is 0 Å². The molecule has 2 rings (SSSR count). The minimum atomic E-state index is -3.70. The van der Waals surface area contributed by atoms with E-state index in [1.807, 2.05) is 0 Å². The molecule has 0 unspecified atom stereocenters. The van der Waals surface area contributed by atoms with E-state index >= 15 is 0 Å². The summed E-state index contributed by atoms with van der Waals surface area (Å²) in [5, 5.41) is 2.65. The largest absolute Gasteiger partial charge is 0.322 e. The molecule has 0 atom stereocenters. The van der Waals surface area contributed by atoms with Crippen LogP contribution in [0.15, 0.2) is 47.4 Å². The number of rotatable bonds is 5. The quantitative estimate of drug-likeness (QED) is 0.816. The van der Waals surface area contributed by atoms with E-state index in [2.05, 4.69) is 16.0 Å². The average molecular weight is 346 g/mol. The number of terminal acetylenes is 1. The molecule has 0 saturated carbocycles. The van der Waals surface area contributed by atoms with Gasteiger partial charge in [-0.2, -0.15) is 4.72 Å². The predicted octanol–water partition coefficient (Wildman–Crippen LogP) is 2.30. The fourth-order valence-corrected chi connectivity index (χ4v) is 2.90. The molecule has 124 valence electrons. The first-order valence-corrected chi connectivity index (χ1v) is 8.42. The van der Waals surface area contributed by atoms with E-state index in [-0.39, 0.29) is 22.8 Å². The highest BCUT2D eigenvalue weighted by Gasteiger charge is 2.14. The van der Waals surface area contributed by atoms with Crippen molar-refractivity contribution in [2.75, 3.05) is 11.9 Å². The number of aryl methyl sites for hydroxylation is 1. The van der Waals surface area contributed by atoms with Gasteiger partial charge in [-0.3, -0.25) is 4.79 Å². The molecule has 0 heterocycles. The highest BCUT2D eigenvalue weighted by molar-refractivity contribution is 7.89. The number of amides is 1. The Labute approximate surface area is 139 Å². The standard InChI is InChI=1S/C17H15FN2O3S/c1-3-10-19-24(22,23)15-7-4-13(5-8-15)17(21)20-16-9-6-14(18)11-12(16)2/h1,4-9,11,19H,10H2,2H3,(H,20,21). The molecule has 1 amide bonds. The van der Waals surface area contributed by atoms with Crippen LogP contribution < -0.4 is 10.0 Å². The molecule has 2 aromatic rings. The Hall–Kier alpha value is -2.69. The van der Waals surface area contributed by atoms with Gasteiger partial charge in [0, 0.05) is 11.3 Å². The van der Waals surface area contributed by atoms with E-state index in [0.29, 0.717) is 11.3 Å². The minimum absolute atomic E-state index is 0.00672. The van der Waals surface area contributed by atoms with Gasteiger partial charge in [-0.15, -0.1) is 6.42 Å². The molecular weight excluding hydrogens is 331 g/mol. The maximum absolute atomic E-state index is 13.1. The second-order valence-electron chi connectivity index (χ2n) is 4.97. The summed E-state index contributed by atoms with van der Waals surface area (Å²) in [6.45, 7) is 1.56. The third kappa shape index (κ3) is 4.19. The fraction of sp³-hybridized carbons (Fsp3) is 0.118. The van der Waals surface area contributed by atoms with Crippen LogP contribution in [0.1, 0.15) is 15.9 Å². The zero-order valence-corrected chi connectivity index (χ0v) is 13.7. The molecule has 5 nitrogen and oxygen atoms in total. The van der Waals surface area contributed by atoms with Crippen LogP contribution in [0.3, 0.4) is 0 Å². The first-order chi connectivity index (χ1) is 11.3. The van der Waals surface area contributed by atoms with Crippen molar-refractivity contribution in [2.45, 2.75) is 11.8 Å². The lowest BCUT2D eigenvalue weighted by atomic mass is 10.1. The molecular formula is C17H15FN2O3S. The number of anilines is 1. The third-order valence-corrected chi connectivity index (χ3v) is 4.64. The van der Waals surface area contributed by atoms with E-state index < -0.39 is 15.9 Å². The number of carbonyl (C=O) groups excluding carboxylic acids is 1. The number of halogens is 1. The highest BCUT2D eigenvalue weighted by Crippen LogP contribution is 2.17. The Morgan fingerprint density at radius 3 is 2.46 bits per heavy atom. The van der Waals surface area contributed by atoms with E-state index in [4.69, 9.17) is 6.42 Å². The smallest absolute Gasteiger partial charge is 0.255 e. The van der Waals surface area contributed by atoms with E-state index in [9.17, 15) is 17.6 Å². The zero-order valence-electron chi connectivity index (χ0n) is 12.8. The first-order valence-electron chi connectivity index (χ1n) is 6.94. The van der Waals surface area contributed by atoms with Crippen molar-refractivity contribution >= 4 is 21.6 Å². The molecule has 24 heavy (non-hydrogen) atoms. The van der Waals surface area contributed by atoms with Gasteiger partial charge in [-0.1, -0.05) is 5.92 Å². The van der Waals surface area contributed by atoms with Gasteiger partial charge >= 0.3 is 0 Å². The maximum atomic E-state index is 13.1. The molecule has 0 aliphatic carbocycles. The topological polar surface area (TPSA) is 75.3 Å². The predicted molar refractivity (Wildman–Crippen MR) is 89.6 cm³/mol. The second-order valence-corrected chi connectivity index (χ2v) is 6.73. The summed E-state index contributed by atoms with van der Waals surface area (Å²) in [4.78, 5) is 12.2. The maximum Gasteiger partial charge on any atom is 0.255 e. The first kappa shape index (κ1) is 17.7. The third-order valence-electron chi connectivity index (χ3n) is 3.23. The molecule has 0 bridgehead atoms. The average Bonchev–Trinajstić information content (AvgIpc) is 2.55. The van der Waals surface area contributed by atoms with Crippen LogP contribution in [0, 0.1) is 25.1 Å². The molecule has 0 aliphatic heterocycles. The molecule has 0 fully saturated rings. The van der Waals surface area contributed by atoms with Gasteiger partial charge in [0.05, 0.1) is 11.4 Å². The molecule has 2 aromatic carbocycles. The Morgan fingerprint density at radius 1 is 1.21 bits per heavy atom. The second kappa shape index (κ2) is 7.25. The van der Waals surface area contributed by atoms with Crippen molar-refractivity contribution < 1.29 is 17.6 Å². The molecule has 2 N–H and O–H groups in total. The summed E-state index contributed by atoms with van der Waals surface area (Å²) in [7, 11) is -3.70. The van der Waals surface area contributed by atoms with Crippen LogP contribution >= 0.6 is 0 Å². The van der Waals surface area contributed by atoms with Crippen LogP contribution in [-0.4, -0.2) is 20.9 Å². The molecule has 0 aromatic heterocycles. The number of carbonyl (C=O) groups is 1. The van der Waals surface area contributed by atoms with E-state index in [1.165, 1.54) is 42.5 Å². The van der Waals surface area contributed by atoms with Gasteiger partial charge in [0.25, 0.3) is 5.91 Å². The number of hydrogen-bond acceptors (Lipinski definition) is 3. The van der Waals surface area contributed by atoms with Crippen LogP contribution in [0.5, 0.6) is 0 Å². The minimum Gasteiger partial charge on any atom is -0.322 e. The number of hydrogen-bond donors (Lipinski definition) is 2. The van der Waals surface area contributed by atoms with Gasteiger partial charge in [-0.25, -0.2) is 12.8 Å². The van der Waals surface area contributed by atoms with Crippen molar-refractivity contribution in [2.24, 2.45) is 0 Å². The van der Waals surface area contributed by atoms with E-state index in [1.54, 1.807) is 6.92 Å². The fourth-order valence-electron chi connectivity index (χ4n) is 1.97. The summed E-state index contributed by atoms with van der Waals surface area (Å²) < 4.78 is 39.1. The normalized spacial score (nSPS) is 10.9. The Morgan fingerprint density at radius 2 is 1.88 bits per heavy atom. The van der Waals surface area contributed by atoms with Gasteiger partial charge in [0.2, 0.25) is 10.0 Å². The monoisotopic (exact) mass is 346 g/mol. The number of benzene rings is 2. The van der Waals surface area contributed by atoms with Crippen LogP contribution in [0.2, 0.25) is 0 Å². The van der Waals surface area contributed by atoms with Gasteiger partial charge in [-0.05, 0) is 55.0 Å². The van der Waals surface area contributed by atoms with Gasteiger partial charge in [0.1, 0.15) is 5.82 Å². The summed E-state index contributed by atoms with van der Waals surface area (Å²) in [6.07, 6.45) is 5.02. The molecule has 0 spiro atoms. The lowest BCUT2D eigenvalue weighted by molar-refractivity contribution is 0.102. The van der Waals surface area contributed by atoms with Gasteiger partial charge < -0.3 is 5.32 Å². The highest BCUT2D eigenvalue weighted by atomic mass is 32.2. The lowest BCUT2D eigenvalue weighted by Crippen LogP contribution is -2.24. The number of nitrogens with one attached hydrogen (secondary N) is 2.